The Kier molecular flexibility index (Phi) is 5.50. The summed E-state index contributed by atoms with van der Waals surface area (Å²) < 4.78 is 18.4. The second-order valence-electron chi connectivity index (χ2n) is 8.59. The van der Waals surface area contributed by atoms with Gasteiger partial charge in [-0.3, -0.25) is 0 Å². The molecule has 1 aliphatic heterocycles. The molecule has 1 heterocycles. The number of anilines is 1. The number of aryl methyl sites for hydroxylation is 2. The van der Waals surface area contributed by atoms with Crippen LogP contribution in [0.5, 0.6) is 5.75 Å². The number of nitrogens with two attached hydrogens (primary N) is 1. The Balaban J connectivity index is 1.76. The molecule has 5 nitrogen and oxygen atoms in total. The second kappa shape index (κ2) is 7.43. The molecule has 0 bridgehead atoms. The fraction of sp³-hybridized carbons (Fsp3) is 0.455. The lowest BCUT2D eigenvalue weighted by Crippen LogP contribution is -2.41. The molecule has 0 atom stereocenters. The summed E-state index contributed by atoms with van der Waals surface area (Å²) in [4.78, 5) is 0. The van der Waals surface area contributed by atoms with Gasteiger partial charge in [0.15, 0.2) is 0 Å². The van der Waals surface area contributed by atoms with Gasteiger partial charge in [-0.25, -0.2) is 5.84 Å². The molecule has 1 fully saturated rings. The first-order chi connectivity index (χ1) is 13.0. The van der Waals surface area contributed by atoms with E-state index in [1.54, 1.807) is 5.01 Å². The van der Waals surface area contributed by atoms with Crippen LogP contribution in [0.4, 0.5) is 5.69 Å². The van der Waals surface area contributed by atoms with Crippen LogP contribution in [0.1, 0.15) is 44.4 Å². The fourth-order valence-corrected chi connectivity index (χ4v) is 3.32. The summed E-state index contributed by atoms with van der Waals surface area (Å²) in [6.07, 6.45) is 0. The van der Waals surface area contributed by atoms with Crippen molar-refractivity contribution in [3.05, 3.63) is 53.1 Å². The molecule has 0 spiro atoms. The summed E-state index contributed by atoms with van der Waals surface area (Å²) in [5.74, 6) is 6.81. The highest BCUT2D eigenvalue weighted by Crippen LogP contribution is 2.36. The third-order valence-corrected chi connectivity index (χ3v) is 5.86. The number of ether oxygens (including phenoxy) is 1. The van der Waals surface area contributed by atoms with Crippen molar-refractivity contribution in [3.8, 4) is 5.75 Å². The summed E-state index contributed by atoms with van der Waals surface area (Å²) in [5.41, 5.74) is 4.55. The van der Waals surface area contributed by atoms with Crippen molar-refractivity contribution in [2.45, 2.75) is 59.4 Å². The van der Waals surface area contributed by atoms with Gasteiger partial charge in [-0.15, -0.1) is 0 Å². The van der Waals surface area contributed by atoms with Gasteiger partial charge in [0.2, 0.25) is 0 Å². The minimum atomic E-state index is -0.369. The number of hydrogen-bond acceptors (Lipinski definition) is 5. The van der Waals surface area contributed by atoms with Crippen molar-refractivity contribution in [1.82, 2.24) is 0 Å². The van der Waals surface area contributed by atoms with Crippen molar-refractivity contribution in [2.24, 2.45) is 5.84 Å². The van der Waals surface area contributed by atoms with Crippen LogP contribution in [0.25, 0.3) is 0 Å². The summed E-state index contributed by atoms with van der Waals surface area (Å²) >= 11 is 0. The van der Waals surface area contributed by atoms with Crippen molar-refractivity contribution in [3.63, 3.8) is 0 Å². The quantitative estimate of drug-likeness (QED) is 0.487. The normalized spacial score (nSPS) is 17.6. The number of nitrogens with zero attached hydrogens (tertiary/aromatic N) is 1. The maximum absolute atomic E-state index is 6.15. The molecule has 28 heavy (non-hydrogen) atoms. The van der Waals surface area contributed by atoms with E-state index >= 15 is 0 Å². The molecule has 0 amide bonds. The topological polar surface area (TPSA) is 57.0 Å². The van der Waals surface area contributed by atoms with Gasteiger partial charge < -0.3 is 19.1 Å². The maximum Gasteiger partial charge on any atom is 0.494 e. The van der Waals surface area contributed by atoms with E-state index in [0.717, 1.165) is 33.6 Å². The lowest BCUT2D eigenvalue weighted by atomic mass is 9.78. The Bertz CT molecular complexity index is 849. The van der Waals surface area contributed by atoms with Gasteiger partial charge in [-0.05, 0) is 70.3 Å². The molecule has 0 unspecified atom stereocenters. The van der Waals surface area contributed by atoms with Gasteiger partial charge in [0.05, 0.1) is 16.9 Å². The highest BCUT2D eigenvalue weighted by Gasteiger charge is 2.51. The van der Waals surface area contributed by atoms with Crippen LogP contribution in [0, 0.1) is 13.8 Å². The van der Waals surface area contributed by atoms with Gasteiger partial charge in [0, 0.05) is 12.6 Å². The molecule has 2 aromatic carbocycles. The number of hydrogen-bond donors (Lipinski definition) is 1. The Hall–Kier alpha value is -2.02. The molecule has 0 aliphatic carbocycles. The van der Waals surface area contributed by atoms with Crippen LogP contribution < -0.4 is 21.1 Å². The Morgan fingerprint density at radius 3 is 2.21 bits per heavy atom. The first kappa shape index (κ1) is 20.7. The zero-order chi connectivity index (χ0) is 20.7. The highest BCUT2D eigenvalue weighted by atomic mass is 16.7. The van der Waals surface area contributed by atoms with E-state index < -0.39 is 0 Å². The summed E-state index contributed by atoms with van der Waals surface area (Å²) in [6, 6.07) is 12.1. The van der Waals surface area contributed by atoms with Crippen molar-refractivity contribution >= 4 is 18.3 Å². The average molecular weight is 382 g/mol. The molecule has 1 saturated heterocycles. The molecule has 2 aromatic rings. The van der Waals surface area contributed by atoms with Crippen LogP contribution >= 0.6 is 0 Å². The minimum absolute atomic E-state index is 0.351. The molecular formula is C22H31BN2O3. The predicted octanol–water partition coefficient (Wildman–Crippen LogP) is 3.49. The number of hydrazine groups is 1. The molecule has 0 aromatic heterocycles. The van der Waals surface area contributed by atoms with Crippen molar-refractivity contribution in [1.29, 1.82) is 0 Å². The van der Waals surface area contributed by atoms with Gasteiger partial charge in [-0.1, -0.05) is 24.3 Å². The summed E-state index contributed by atoms with van der Waals surface area (Å²) in [6.45, 7) is 12.8. The Morgan fingerprint density at radius 2 is 1.64 bits per heavy atom. The molecule has 0 saturated carbocycles. The molecule has 3 rings (SSSR count). The van der Waals surface area contributed by atoms with E-state index in [2.05, 4.69) is 46.8 Å². The van der Waals surface area contributed by atoms with Gasteiger partial charge in [0.25, 0.3) is 0 Å². The number of rotatable bonds is 5. The molecule has 150 valence electrons. The molecular weight excluding hydrogens is 351 g/mol. The van der Waals surface area contributed by atoms with Crippen LogP contribution in [0.3, 0.4) is 0 Å². The number of benzene rings is 2. The molecule has 1 aliphatic rings. The van der Waals surface area contributed by atoms with E-state index in [0.29, 0.717) is 6.61 Å². The first-order valence-electron chi connectivity index (χ1n) is 9.68. The zero-order valence-corrected chi connectivity index (χ0v) is 18.0. The highest BCUT2D eigenvalue weighted by molar-refractivity contribution is 6.62. The van der Waals surface area contributed by atoms with E-state index in [4.69, 9.17) is 19.9 Å². The molecule has 6 heteroatoms. The minimum Gasteiger partial charge on any atom is -0.489 e. The fourth-order valence-electron chi connectivity index (χ4n) is 3.32. The average Bonchev–Trinajstić information content (AvgIpc) is 2.82. The van der Waals surface area contributed by atoms with Crippen molar-refractivity contribution < 1.29 is 14.0 Å². The molecule has 2 N–H and O–H groups in total. The third-order valence-electron chi connectivity index (χ3n) is 5.86. The summed E-state index contributed by atoms with van der Waals surface area (Å²) in [7, 11) is 1.47. The standard InChI is InChI=1S/C22H31BN2O3/c1-15-9-8-10-19(25(7)24)18(15)14-26-20-12-11-17(13-16(20)2)23-27-21(3,4)22(5,6)28-23/h8-13H,14,24H2,1-7H3. The SMILES string of the molecule is Cc1cc(B2OC(C)(C)C(C)(C)O2)ccc1OCc1c(C)cccc1N(C)N. The smallest absolute Gasteiger partial charge is 0.489 e. The largest absolute Gasteiger partial charge is 0.494 e. The van der Waals surface area contributed by atoms with E-state index in [1.165, 1.54) is 0 Å². The Morgan fingerprint density at radius 1 is 1.00 bits per heavy atom. The Labute approximate surface area is 168 Å². The van der Waals surface area contributed by atoms with Crippen LogP contribution in [0.15, 0.2) is 36.4 Å². The zero-order valence-electron chi connectivity index (χ0n) is 18.0. The van der Waals surface area contributed by atoms with Crippen LogP contribution in [-0.4, -0.2) is 25.4 Å². The van der Waals surface area contributed by atoms with E-state index in [1.807, 2.05) is 38.2 Å². The van der Waals surface area contributed by atoms with Crippen LogP contribution in [-0.2, 0) is 15.9 Å². The van der Waals surface area contributed by atoms with Gasteiger partial charge in [-0.2, -0.15) is 0 Å². The predicted molar refractivity (Wildman–Crippen MR) is 115 cm³/mol. The van der Waals surface area contributed by atoms with Gasteiger partial charge >= 0.3 is 7.12 Å². The van der Waals surface area contributed by atoms with Gasteiger partial charge in [0.1, 0.15) is 12.4 Å². The molecule has 0 radical (unpaired) electrons. The summed E-state index contributed by atoms with van der Waals surface area (Å²) in [5, 5.41) is 1.62. The second-order valence-corrected chi connectivity index (χ2v) is 8.59. The lowest BCUT2D eigenvalue weighted by Gasteiger charge is -2.32. The first-order valence-corrected chi connectivity index (χ1v) is 9.68. The monoisotopic (exact) mass is 382 g/mol. The van der Waals surface area contributed by atoms with E-state index in [-0.39, 0.29) is 18.3 Å². The van der Waals surface area contributed by atoms with Crippen LogP contribution in [0.2, 0.25) is 0 Å². The third kappa shape index (κ3) is 3.90. The lowest BCUT2D eigenvalue weighted by molar-refractivity contribution is 0.00578. The van der Waals surface area contributed by atoms with Crippen molar-refractivity contribution in [2.75, 3.05) is 12.1 Å². The maximum atomic E-state index is 6.15. The van der Waals surface area contributed by atoms with E-state index in [9.17, 15) is 0 Å².